The van der Waals surface area contributed by atoms with E-state index in [1.807, 2.05) is 0 Å². The van der Waals surface area contributed by atoms with Gasteiger partial charge in [-0.3, -0.25) is 10.1 Å². The number of nitro groups is 1. The van der Waals surface area contributed by atoms with E-state index in [2.05, 4.69) is 15.3 Å². The summed E-state index contributed by atoms with van der Waals surface area (Å²) < 4.78 is 31.8. The van der Waals surface area contributed by atoms with Crippen molar-refractivity contribution in [3.8, 4) is 11.6 Å². The van der Waals surface area contributed by atoms with Crippen LogP contribution < -0.4 is 10.1 Å². The van der Waals surface area contributed by atoms with E-state index < -0.39 is 33.9 Å². The van der Waals surface area contributed by atoms with E-state index >= 15 is 0 Å². The van der Waals surface area contributed by atoms with Crippen molar-refractivity contribution >= 4 is 11.6 Å². The van der Waals surface area contributed by atoms with E-state index in [1.165, 1.54) is 20.0 Å². The molecular formula is C12H10F2N4O3. The predicted molar refractivity (Wildman–Crippen MR) is 69.4 cm³/mol. The van der Waals surface area contributed by atoms with Crippen molar-refractivity contribution in [2.24, 2.45) is 0 Å². The van der Waals surface area contributed by atoms with E-state index in [-0.39, 0.29) is 11.6 Å². The van der Waals surface area contributed by atoms with Crippen LogP contribution in [0.25, 0.3) is 0 Å². The number of benzene rings is 1. The van der Waals surface area contributed by atoms with Gasteiger partial charge >= 0.3 is 11.6 Å². The summed E-state index contributed by atoms with van der Waals surface area (Å²) in [6.45, 7) is 1.38. The number of anilines is 1. The zero-order chi connectivity index (χ0) is 15.6. The molecule has 9 heteroatoms. The molecule has 2 rings (SSSR count). The van der Waals surface area contributed by atoms with Gasteiger partial charge in [0.15, 0.2) is 11.6 Å². The van der Waals surface area contributed by atoms with E-state index in [9.17, 15) is 18.9 Å². The van der Waals surface area contributed by atoms with Gasteiger partial charge in [-0.2, -0.15) is 9.37 Å². The fourth-order valence-electron chi connectivity index (χ4n) is 1.60. The molecule has 1 heterocycles. The van der Waals surface area contributed by atoms with Crippen LogP contribution in [0.15, 0.2) is 18.2 Å². The second-order valence-electron chi connectivity index (χ2n) is 3.95. The second kappa shape index (κ2) is 5.65. The monoisotopic (exact) mass is 296 g/mol. The van der Waals surface area contributed by atoms with Gasteiger partial charge in [0, 0.05) is 7.05 Å². The van der Waals surface area contributed by atoms with Crippen molar-refractivity contribution in [1.29, 1.82) is 0 Å². The number of hydrogen-bond donors (Lipinski definition) is 1. The molecule has 0 radical (unpaired) electrons. The maximum absolute atomic E-state index is 13.6. The normalized spacial score (nSPS) is 10.3. The standard InChI is InChI=1S/C12H10F2N4O3/c1-6-10(18(19)20)11(17-12(15-2)16-6)21-8-5-3-4-7(13)9(8)14/h3-5H,1-2H3,(H,15,16,17). The van der Waals surface area contributed by atoms with Gasteiger partial charge in [0.05, 0.1) is 4.92 Å². The maximum Gasteiger partial charge on any atom is 0.352 e. The van der Waals surface area contributed by atoms with Gasteiger partial charge in [0.25, 0.3) is 0 Å². The van der Waals surface area contributed by atoms with Gasteiger partial charge in [-0.15, -0.1) is 0 Å². The number of halogens is 2. The first-order chi connectivity index (χ1) is 9.93. The van der Waals surface area contributed by atoms with Gasteiger partial charge in [-0.05, 0) is 19.1 Å². The third-order valence-corrected chi connectivity index (χ3v) is 2.56. The largest absolute Gasteiger partial charge is 0.430 e. The van der Waals surface area contributed by atoms with Crippen molar-refractivity contribution in [2.75, 3.05) is 12.4 Å². The molecule has 1 aromatic carbocycles. The molecule has 7 nitrogen and oxygen atoms in total. The lowest BCUT2D eigenvalue weighted by Gasteiger charge is -2.09. The van der Waals surface area contributed by atoms with E-state index in [1.54, 1.807) is 0 Å². The van der Waals surface area contributed by atoms with Crippen molar-refractivity contribution in [1.82, 2.24) is 9.97 Å². The van der Waals surface area contributed by atoms with Crippen molar-refractivity contribution < 1.29 is 18.4 Å². The Morgan fingerprint density at radius 2 is 2.05 bits per heavy atom. The van der Waals surface area contributed by atoms with Crippen LogP contribution >= 0.6 is 0 Å². The van der Waals surface area contributed by atoms with Crippen LogP contribution in [0.4, 0.5) is 20.4 Å². The molecule has 110 valence electrons. The molecule has 0 unspecified atom stereocenters. The third-order valence-electron chi connectivity index (χ3n) is 2.56. The van der Waals surface area contributed by atoms with Crippen molar-refractivity contribution in [2.45, 2.75) is 6.92 Å². The summed E-state index contributed by atoms with van der Waals surface area (Å²) in [6, 6.07) is 3.26. The zero-order valence-electron chi connectivity index (χ0n) is 11.1. The molecule has 21 heavy (non-hydrogen) atoms. The summed E-state index contributed by atoms with van der Waals surface area (Å²) in [6.07, 6.45) is 0. The highest BCUT2D eigenvalue weighted by atomic mass is 19.2. The van der Waals surface area contributed by atoms with Gasteiger partial charge < -0.3 is 10.1 Å². The summed E-state index contributed by atoms with van der Waals surface area (Å²) in [4.78, 5) is 17.9. The number of nitrogens with zero attached hydrogens (tertiary/aromatic N) is 3. The molecular weight excluding hydrogens is 286 g/mol. The molecule has 2 aromatic rings. The lowest BCUT2D eigenvalue weighted by molar-refractivity contribution is -0.386. The summed E-state index contributed by atoms with van der Waals surface area (Å²) in [5, 5.41) is 13.6. The average molecular weight is 296 g/mol. The van der Waals surface area contributed by atoms with Crippen molar-refractivity contribution in [3.05, 3.63) is 45.6 Å². The lowest BCUT2D eigenvalue weighted by atomic mass is 10.3. The topological polar surface area (TPSA) is 90.2 Å². The quantitative estimate of drug-likeness (QED) is 0.689. The maximum atomic E-state index is 13.6. The minimum atomic E-state index is -1.26. The Labute approximate surface area is 117 Å². The molecule has 0 bridgehead atoms. The predicted octanol–water partition coefficient (Wildman–Crippen LogP) is 2.81. The van der Waals surface area contributed by atoms with Crippen LogP contribution in [0, 0.1) is 28.7 Å². The van der Waals surface area contributed by atoms with Crippen LogP contribution in [-0.2, 0) is 0 Å². The first-order valence-electron chi connectivity index (χ1n) is 5.76. The fourth-order valence-corrected chi connectivity index (χ4v) is 1.60. The van der Waals surface area contributed by atoms with Gasteiger partial charge in [0.1, 0.15) is 5.69 Å². The molecule has 1 aromatic heterocycles. The highest BCUT2D eigenvalue weighted by Crippen LogP contribution is 2.33. The van der Waals surface area contributed by atoms with E-state index in [0.29, 0.717) is 0 Å². The summed E-state index contributed by atoms with van der Waals surface area (Å²) in [5.74, 6) is -3.30. The minimum Gasteiger partial charge on any atom is -0.430 e. The number of aromatic nitrogens is 2. The smallest absolute Gasteiger partial charge is 0.352 e. The fraction of sp³-hybridized carbons (Fsp3) is 0.167. The summed E-state index contributed by atoms with van der Waals surface area (Å²) >= 11 is 0. The highest BCUT2D eigenvalue weighted by molar-refractivity contribution is 5.50. The van der Waals surface area contributed by atoms with Crippen LogP contribution in [-0.4, -0.2) is 21.9 Å². The molecule has 0 saturated heterocycles. The number of aryl methyl sites for hydroxylation is 1. The van der Waals surface area contributed by atoms with E-state index in [0.717, 1.165) is 12.1 Å². The van der Waals surface area contributed by atoms with Gasteiger partial charge in [0.2, 0.25) is 11.8 Å². The molecule has 0 spiro atoms. The first-order valence-corrected chi connectivity index (χ1v) is 5.76. The van der Waals surface area contributed by atoms with Crippen LogP contribution in [0.1, 0.15) is 5.69 Å². The molecule has 1 N–H and O–H groups in total. The van der Waals surface area contributed by atoms with Crippen LogP contribution in [0.2, 0.25) is 0 Å². The molecule has 0 aliphatic carbocycles. The molecule has 0 aliphatic heterocycles. The summed E-state index contributed by atoms with van der Waals surface area (Å²) in [5.41, 5.74) is -0.483. The third kappa shape index (κ3) is 2.86. The number of nitrogens with one attached hydrogen (secondary N) is 1. The number of ether oxygens (including phenoxy) is 1. The lowest BCUT2D eigenvalue weighted by Crippen LogP contribution is -2.05. The Kier molecular flexibility index (Phi) is 3.92. The zero-order valence-corrected chi connectivity index (χ0v) is 11.1. The SMILES string of the molecule is CNc1nc(C)c([N+](=O)[O-])c(Oc2cccc(F)c2F)n1. The van der Waals surface area contributed by atoms with E-state index in [4.69, 9.17) is 4.74 Å². The Morgan fingerprint density at radius 3 is 2.67 bits per heavy atom. The average Bonchev–Trinajstić information content (AvgIpc) is 2.42. The molecule has 0 fully saturated rings. The Bertz CT molecular complexity index is 709. The van der Waals surface area contributed by atoms with Crippen LogP contribution in [0.3, 0.4) is 0 Å². The van der Waals surface area contributed by atoms with Gasteiger partial charge in [-0.1, -0.05) is 6.07 Å². The first kappa shape index (κ1) is 14.6. The van der Waals surface area contributed by atoms with Gasteiger partial charge in [-0.25, -0.2) is 9.37 Å². The minimum absolute atomic E-state index is 0.0335. The number of hydrogen-bond acceptors (Lipinski definition) is 6. The Balaban J connectivity index is 2.54. The second-order valence-corrected chi connectivity index (χ2v) is 3.95. The molecule has 0 saturated carbocycles. The molecule has 0 aliphatic rings. The molecule has 0 amide bonds. The van der Waals surface area contributed by atoms with Crippen LogP contribution in [0.5, 0.6) is 11.6 Å². The number of rotatable bonds is 4. The Hall–Kier alpha value is -2.84. The summed E-state index contributed by atoms with van der Waals surface area (Å²) in [7, 11) is 1.51. The highest BCUT2D eigenvalue weighted by Gasteiger charge is 2.25. The Morgan fingerprint density at radius 1 is 1.33 bits per heavy atom. The van der Waals surface area contributed by atoms with Crippen molar-refractivity contribution in [3.63, 3.8) is 0 Å². The molecule has 0 atom stereocenters.